The fraction of sp³-hybridized carbons (Fsp3) is 0.696. The third-order valence-corrected chi connectivity index (χ3v) is 7.56. The summed E-state index contributed by atoms with van der Waals surface area (Å²) in [6.07, 6.45) is 7.94. The molecule has 2 amide bonds. The zero-order chi connectivity index (χ0) is 20.9. The number of furan rings is 1. The standard InChI is InChI=1S/C23H30N2O5/c1-14(21(27)24-23-9-15-5-16(10-23)7-17(6-15)11-23)30-22(28)18-8-20(26)25(12-18)13-19-3-2-4-29-19/h2-4,14-18H,5-13H2,1H3,(H,24,27)/t14-,15?,16?,17?,18+,23?/m0/s1. The van der Waals surface area contributed by atoms with Crippen LogP contribution in [-0.2, 0) is 25.7 Å². The smallest absolute Gasteiger partial charge is 0.312 e. The van der Waals surface area contributed by atoms with Crippen LogP contribution in [0.2, 0.25) is 0 Å². The van der Waals surface area contributed by atoms with Crippen LogP contribution in [-0.4, -0.2) is 40.9 Å². The van der Waals surface area contributed by atoms with Crippen molar-refractivity contribution in [2.45, 2.75) is 70.1 Å². The third-order valence-electron chi connectivity index (χ3n) is 7.56. The minimum Gasteiger partial charge on any atom is -0.467 e. The topological polar surface area (TPSA) is 88.9 Å². The average molecular weight is 415 g/mol. The summed E-state index contributed by atoms with van der Waals surface area (Å²) in [6, 6.07) is 3.57. The Labute approximate surface area is 176 Å². The summed E-state index contributed by atoms with van der Waals surface area (Å²) in [6.45, 7) is 2.27. The maximum Gasteiger partial charge on any atom is 0.312 e. The van der Waals surface area contributed by atoms with E-state index < -0.39 is 18.0 Å². The molecule has 30 heavy (non-hydrogen) atoms. The lowest BCUT2D eigenvalue weighted by molar-refractivity contribution is -0.160. The van der Waals surface area contributed by atoms with Gasteiger partial charge in [0.15, 0.2) is 6.10 Å². The number of nitrogens with zero attached hydrogens (tertiary/aromatic N) is 1. The predicted octanol–water partition coefficient (Wildman–Crippen LogP) is 2.64. The zero-order valence-electron chi connectivity index (χ0n) is 17.5. The molecule has 162 valence electrons. The van der Waals surface area contributed by atoms with Gasteiger partial charge in [0.05, 0.1) is 18.7 Å². The van der Waals surface area contributed by atoms with Crippen molar-refractivity contribution in [3.63, 3.8) is 0 Å². The quantitative estimate of drug-likeness (QED) is 0.723. The molecular formula is C23H30N2O5. The highest BCUT2D eigenvalue weighted by molar-refractivity contribution is 5.89. The maximum absolute atomic E-state index is 12.8. The molecule has 0 radical (unpaired) electrons. The molecule has 2 heterocycles. The summed E-state index contributed by atoms with van der Waals surface area (Å²) in [4.78, 5) is 39.3. The van der Waals surface area contributed by atoms with Crippen LogP contribution in [0.3, 0.4) is 0 Å². The third kappa shape index (κ3) is 3.74. The Morgan fingerprint density at radius 1 is 1.23 bits per heavy atom. The number of rotatable bonds is 6. The van der Waals surface area contributed by atoms with Gasteiger partial charge in [0.2, 0.25) is 5.91 Å². The van der Waals surface area contributed by atoms with Crippen LogP contribution in [0.4, 0.5) is 0 Å². The second-order valence-corrected chi connectivity index (χ2v) is 10.0. The fourth-order valence-electron chi connectivity index (χ4n) is 6.62. The zero-order valence-corrected chi connectivity index (χ0v) is 17.5. The molecule has 1 aromatic rings. The molecule has 6 rings (SSSR count). The lowest BCUT2D eigenvalue weighted by Gasteiger charge is -2.57. The van der Waals surface area contributed by atoms with E-state index in [1.165, 1.54) is 19.3 Å². The van der Waals surface area contributed by atoms with Gasteiger partial charge in [-0.25, -0.2) is 0 Å². The molecule has 4 saturated carbocycles. The molecule has 4 aliphatic carbocycles. The second kappa shape index (κ2) is 7.43. The van der Waals surface area contributed by atoms with Crippen molar-refractivity contribution in [3.8, 4) is 0 Å². The molecule has 1 N–H and O–H groups in total. The SMILES string of the molecule is C[C@H](OC(=O)[C@@H]1CC(=O)N(Cc2ccco2)C1)C(=O)NC12CC3CC(CC(C3)C1)C2. The molecule has 4 bridgehead atoms. The number of hydrogen-bond donors (Lipinski definition) is 1. The fourth-order valence-corrected chi connectivity index (χ4v) is 6.62. The number of amides is 2. The van der Waals surface area contributed by atoms with Crippen molar-refractivity contribution in [2.75, 3.05) is 6.54 Å². The molecule has 1 aromatic heterocycles. The minimum absolute atomic E-state index is 0.0981. The number of hydrogen-bond acceptors (Lipinski definition) is 5. The van der Waals surface area contributed by atoms with E-state index in [-0.39, 0.29) is 23.8 Å². The largest absolute Gasteiger partial charge is 0.467 e. The highest BCUT2D eigenvalue weighted by Crippen LogP contribution is 2.55. The van der Waals surface area contributed by atoms with Gasteiger partial charge in [0, 0.05) is 18.5 Å². The predicted molar refractivity (Wildman–Crippen MR) is 107 cm³/mol. The van der Waals surface area contributed by atoms with Crippen LogP contribution >= 0.6 is 0 Å². The van der Waals surface area contributed by atoms with Gasteiger partial charge in [-0.3, -0.25) is 14.4 Å². The summed E-state index contributed by atoms with van der Waals surface area (Å²) in [5.74, 6) is 1.57. The van der Waals surface area contributed by atoms with Crippen LogP contribution in [0.1, 0.15) is 57.6 Å². The summed E-state index contributed by atoms with van der Waals surface area (Å²) < 4.78 is 10.8. The monoisotopic (exact) mass is 414 g/mol. The maximum atomic E-state index is 12.8. The molecule has 1 aliphatic heterocycles. The molecule has 5 fully saturated rings. The van der Waals surface area contributed by atoms with Crippen molar-refractivity contribution >= 4 is 17.8 Å². The van der Waals surface area contributed by atoms with Gasteiger partial charge in [-0.15, -0.1) is 0 Å². The van der Waals surface area contributed by atoms with E-state index in [1.54, 1.807) is 30.2 Å². The van der Waals surface area contributed by atoms with Gasteiger partial charge in [0.25, 0.3) is 5.91 Å². The Balaban J connectivity index is 1.14. The average Bonchev–Trinajstić information content (AvgIpc) is 3.30. The van der Waals surface area contributed by atoms with E-state index in [1.807, 2.05) is 0 Å². The highest BCUT2D eigenvalue weighted by atomic mass is 16.5. The Hall–Kier alpha value is -2.31. The summed E-state index contributed by atoms with van der Waals surface area (Å²) in [5, 5.41) is 3.26. The minimum atomic E-state index is -0.847. The van der Waals surface area contributed by atoms with E-state index in [0.717, 1.165) is 37.0 Å². The van der Waals surface area contributed by atoms with E-state index >= 15 is 0 Å². The Bertz CT molecular complexity index is 797. The number of carbonyl (C=O) groups is 3. The first kappa shape index (κ1) is 19.6. The Kier molecular flexibility index (Phi) is 4.86. The van der Waals surface area contributed by atoms with Crippen LogP contribution in [0.5, 0.6) is 0 Å². The van der Waals surface area contributed by atoms with Gasteiger partial charge in [-0.2, -0.15) is 0 Å². The summed E-state index contributed by atoms with van der Waals surface area (Å²) >= 11 is 0. The van der Waals surface area contributed by atoms with E-state index in [9.17, 15) is 14.4 Å². The van der Waals surface area contributed by atoms with E-state index in [2.05, 4.69) is 5.32 Å². The number of likely N-dealkylation sites (tertiary alicyclic amines) is 1. The van der Waals surface area contributed by atoms with Crippen molar-refractivity contribution in [1.29, 1.82) is 0 Å². The van der Waals surface area contributed by atoms with Crippen LogP contribution in [0, 0.1) is 23.7 Å². The van der Waals surface area contributed by atoms with Crippen LogP contribution in [0.15, 0.2) is 22.8 Å². The van der Waals surface area contributed by atoms with Crippen LogP contribution < -0.4 is 5.32 Å². The number of ether oxygens (including phenoxy) is 1. The number of esters is 1. The van der Waals surface area contributed by atoms with Crippen molar-refractivity contribution < 1.29 is 23.5 Å². The van der Waals surface area contributed by atoms with Gasteiger partial charge in [-0.05, 0) is 75.3 Å². The normalized spacial score (nSPS) is 35.5. The molecular weight excluding hydrogens is 384 g/mol. The summed E-state index contributed by atoms with van der Waals surface area (Å²) in [5.41, 5.74) is -0.102. The van der Waals surface area contributed by atoms with Gasteiger partial charge >= 0.3 is 5.97 Å². The molecule has 1 saturated heterocycles. The Morgan fingerprint density at radius 2 is 1.90 bits per heavy atom. The molecule has 2 atom stereocenters. The Morgan fingerprint density at radius 3 is 2.50 bits per heavy atom. The molecule has 0 spiro atoms. The van der Waals surface area contributed by atoms with Crippen molar-refractivity contribution in [3.05, 3.63) is 24.2 Å². The number of nitrogens with one attached hydrogen (secondary N) is 1. The second-order valence-electron chi connectivity index (χ2n) is 10.0. The van der Waals surface area contributed by atoms with Crippen LogP contribution in [0.25, 0.3) is 0 Å². The van der Waals surface area contributed by atoms with Gasteiger partial charge < -0.3 is 19.4 Å². The van der Waals surface area contributed by atoms with Gasteiger partial charge in [-0.1, -0.05) is 0 Å². The first-order valence-corrected chi connectivity index (χ1v) is 11.2. The lowest BCUT2D eigenvalue weighted by atomic mass is 9.53. The molecule has 5 aliphatic rings. The van der Waals surface area contributed by atoms with Gasteiger partial charge in [0.1, 0.15) is 5.76 Å². The molecule has 0 aromatic carbocycles. The molecule has 7 nitrogen and oxygen atoms in total. The lowest BCUT2D eigenvalue weighted by Crippen LogP contribution is -2.61. The van der Waals surface area contributed by atoms with Crippen molar-refractivity contribution in [1.82, 2.24) is 10.2 Å². The molecule has 7 heteroatoms. The summed E-state index contributed by atoms with van der Waals surface area (Å²) in [7, 11) is 0. The first-order chi connectivity index (χ1) is 14.4. The first-order valence-electron chi connectivity index (χ1n) is 11.2. The number of carbonyl (C=O) groups excluding carboxylic acids is 3. The van der Waals surface area contributed by atoms with E-state index in [4.69, 9.17) is 9.15 Å². The molecule has 0 unspecified atom stereocenters. The van der Waals surface area contributed by atoms with E-state index in [0.29, 0.717) is 18.8 Å². The highest BCUT2D eigenvalue weighted by Gasteiger charge is 2.52. The van der Waals surface area contributed by atoms with Crippen molar-refractivity contribution in [2.24, 2.45) is 23.7 Å².